The maximum atomic E-state index is 12.5. The van der Waals surface area contributed by atoms with Gasteiger partial charge in [-0.1, -0.05) is 0 Å². The van der Waals surface area contributed by atoms with Crippen LogP contribution >= 0.6 is 50.6 Å². The first-order chi connectivity index (χ1) is 8.46. The molecule has 0 amide bonds. The standard InChI is InChI=1S/C10H13BrClNO2S3/c1-13(7-2-3-16-6-7)18(14,15)9-4-8(5-12)17-10(9)11/h4,7H,2-3,5-6H2,1H3. The van der Waals surface area contributed by atoms with Crippen LogP contribution in [0.1, 0.15) is 11.3 Å². The zero-order chi connectivity index (χ0) is 13.3. The third-order valence-electron chi connectivity index (χ3n) is 2.92. The Balaban J connectivity index is 2.31. The lowest BCUT2D eigenvalue weighted by Gasteiger charge is -2.22. The molecule has 1 unspecified atom stereocenters. The van der Waals surface area contributed by atoms with Gasteiger partial charge in [-0.3, -0.25) is 0 Å². The van der Waals surface area contributed by atoms with E-state index in [1.54, 1.807) is 24.9 Å². The van der Waals surface area contributed by atoms with Crippen molar-refractivity contribution in [2.45, 2.75) is 23.2 Å². The summed E-state index contributed by atoms with van der Waals surface area (Å²) in [4.78, 5) is 1.19. The van der Waals surface area contributed by atoms with Gasteiger partial charge in [-0.05, 0) is 34.2 Å². The van der Waals surface area contributed by atoms with E-state index in [0.717, 1.165) is 22.8 Å². The maximum Gasteiger partial charge on any atom is 0.245 e. The first-order valence-electron chi connectivity index (χ1n) is 5.36. The topological polar surface area (TPSA) is 37.4 Å². The molecule has 102 valence electrons. The minimum Gasteiger partial charge on any atom is -0.207 e. The van der Waals surface area contributed by atoms with Crippen molar-refractivity contribution in [3.8, 4) is 0 Å². The second-order valence-electron chi connectivity index (χ2n) is 4.02. The number of thiophene rings is 1. The molecular formula is C10H13BrClNO2S3. The Morgan fingerprint density at radius 2 is 2.33 bits per heavy atom. The third kappa shape index (κ3) is 2.91. The first-order valence-corrected chi connectivity index (χ1v) is 10.1. The van der Waals surface area contributed by atoms with Gasteiger partial charge >= 0.3 is 0 Å². The Morgan fingerprint density at radius 1 is 1.61 bits per heavy atom. The lowest BCUT2D eigenvalue weighted by atomic mass is 10.3. The molecule has 1 atom stereocenters. The molecule has 0 aliphatic carbocycles. The van der Waals surface area contributed by atoms with Gasteiger partial charge < -0.3 is 0 Å². The summed E-state index contributed by atoms with van der Waals surface area (Å²) in [5, 5.41) is 0. The molecule has 2 rings (SSSR count). The SMILES string of the molecule is CN(C1CCSC1)S(=O)(=O)c1cc(CCl)sc1Br. The molecule has 0 spiro atoms. The molecular weight excluding hydrogens is 378 g/mol. The Morgan fingerprint density at radius 3 is 2.83 bits per heavy atom. The number of nitrogens with zero attached hydrogens (tertiary/aromatic N) is 1. The van der Waals surface area contributed by atoms with Crippen LogP contribution in [0.3, 0.4) is 0 Å². The minimum absolute atomic E-state index is 0.103. The van der Waals surface area contributed by atoms with E-state index in [9.17, 15) is 8.42 Å². The number of sulfonamides is 1. The van der Waals surface area contributed by atoms with Crippen LogP contribution in [0.2, 0.25) is 0 Å². The highest BCUT2D eigenvalue weighted by atomic mass is 79.9. The predicted octanol–water partition coefficient (Wildman–Crippen LogP) is 3.38. The molecule has 1 fully saturated rings. The van der Waals surface area contributed by atoms with Crippen molar-refractivity contribution >= 4 is 60.7 Å². The molecule has 0 N–H and O–H groups in total. The average molecular weight is 391 g/mol. The van der Waals surface area contributed by atoms with Gasteiger partial charge in [0.2, 0.25) is 10.0 Å². The Hall–Kier alpha value is 0.730. The summed E-state index contributed by atoms with van der Waals surface area (Å²) in [6.45, 7) is 0. The van der Waals surface area contributed by atoms with Gasteiger partial charge in [0, 0.05) is 23.7 Å². The Bertz CT molecular complexity index is 525. The van der Waals surface area contributed by atoms with Crippen LogP contribution in [-0.4, -0.2) is 37.3 Å². The van der Waals surface area contributed by atoms with Crippen molar-refractivity contribution in [2.75, 3.05) is 18.6 Å². The van der Waals surface area contributed by atoms with Gasteiger partial charge in [0.25, 0.3) is 0 Å². The van der Waals surface area contributed by atoms with Crippen molar-refractivity contribution in [3.63, 3.8) is 0 Å². The van der Waals surface area contributed by atoms with Crippen LogP contribution < -0.4 is 0 Å². The van der Waals surface area contributed by atoms with Gasteiger partial charge in [-0.15, -0.1) is 22.9 Å². The van der Waals surface area contributed by atoms with Crippen LogP contribution in [0.4, 0.5) is 0 Å². The molecule has 2 heterocycles. The van der Waals surface area contributed by atoms with Gasteiger partial charge in [-0.2, -0.15) is 16.1 Å². The Kier molecular flexibility index (Phi) is 5.05. The van der Waals surface area contributed by atoms with E-state index in [0.29, 0.717) is 14.6 Å². The monoisotopic (exact) mass is 389 g/mol. The zero-order valence-corrected chi connectivity index (χ0v) is 14.5. The second-order valence-corrected chi connectivity index (χ2v) is 9.86. The van der Waals surface area contributed by atoms with Crippen molar-refractivity contribution in [1.29, 1.82) is 0 Å². The largest absolute Gasteiger partial charge is 0.245 e. The van der Waals surface area contributed by atoms with E-state index in [-0.39, 0.29) is 6.04 Å². The van der Waals surface area contributed by atoms with Gasteiger partial charge in [0.1, 0.15) is 4.90 Å². The summed E-state index contributed by atoms with van der Waals surface area (Å²) in [6.07, 6.45) is 0.921. The number of alkyl halides is 1. The van der Waals surface area contributed by atoms with Gasteiger partial charge in [-0.25, -0.2) is 8.42 Å². The lowest BCUT2D eigenvalue weighted by molar-refractivity contribution is 0.394. The molecule has 0 radical (unpaired) electrons. The highest BCUT2D eigenvalue weighted by molar-refractivity contribution is 9.11. The van der Waals surface area contributed by atoms with Crippen molar-refractivity contribution in [1.82, 2.24) is 4.31 Å². The normalized spacial score (nSPS) is 20.8. The molecule has 0 aromatic carbocycles. The molecule has 8 heteroatoms. The average Bonchev–Trinajstić information content (AvgIpc) is 2.96. The van der Waals surface area contributed by atoms with Crippen molar-refractivity contribution in [2.24, 2.45) is 0 Å². The van der Waals surface area contributed by atoms with Crippen LogP contribution in [0.5, 0.6) is 0 Å². The van der Waals surface area contributed by atoms with Gasteiger partial charge in [0.05, 0.1) is 9.67 Å². The van der Waals surface area contributed by atoms with Crippen molar-refractivity contribution in [3.05, 3.63) is 14.7 Å². The number of halogens is 2. The molecule has 0 saturated carbocycles. The fraction of sp³-hybridized carbons (Fsp3) is 0.600. The molecule has 1 aliphatic heterocycles. The van der Waals surface area contributed by atoms with Gasteiger partial charge in [0.15, 0.2) is 0 Å². The first kappa shape index (κ1) is 15.1. The summed E-state index contributed by atoms with van der Waals surface area (Å²) >= 11 is 12.2. The summed E-state index contributed by atoms with van der Waals surface area (Å²) < 4.78 is 27.2. The van der Waals surface area contributed by atoms with E-state index < -0.39 is 10.0 Å². The number of rotatable bonds is 4. The van der Waals surface area contributed by atoms with Crippen LogP contribution in [0.15, 0.2) is 14.7 Å². The number of thioether (sulfide) groups is 1. The third-order valence-corrected chi connectivity index (χ3v) is 8.67. The fourth-order valence-electron chi connectivity index (χ4n) is 1.80. The predicted molar refractivity (Wildman–Crippen MR) is 82.3 cm³/mol. The second kappa shape index (κ2) is 6.01. The summed E-state index contributed by atoms with van der Waals surface area (Å²) in [5.74, 6) is 2.24. The molecule has 1 aromatic heterocycles. The highest BCUT2D eigenvalue weighted by Gasteiger charge is 2.32. The quantitative estimate of drug-likeness (QED) is 0.740. The number of hydrogen-bond acceptors (Lipinski definition) is 4. The van der Waals surface area contributed by atoms with E-state index in [2.05, 4.69) is 15.9 Å². The molecule has 3 nitrogen and oxygen atoms in total. The Labute approximate surface area is 129 Å². The summed E-state index contributed by atoms with van der Waals surface area (Å²) in [6, 6.07) is 1.77. The molecule has 1 saturated heterocycles. The van der Waals surface area contributed by atoms with E-state index in [1.807, 2.05) is 0 Å². The van der Waals surface area contributed by atoms with Crippen LogP contribution in [0.25, 0.3) is 0 Å². The maximum absolute atomic E-state index is 12.5. The molecule has 18 heavy (non-hydrogen) atoms. The highest BCUT2D eigenvalue weighted by Crippen LogP contribution is 2.35. The number of hydrogen-bond donors (Lipinski definition) is 0. The van der Waals surface area contributed by atoms with Crippen LogP contribution in [-0.2, 0) is 15.9 Å². The van der Waals surface area contributed by atoms with E-state index in [4.69, 9.17) is 11.6 Å². The lowest BCUT2D eigenvalue weighted by Crippen LogP contribution is -2.36. The van der Waals surface area contributed by atoms with Crippen molar-refractivity contribution < 1.29 is 8.42 Å². The van der Waals surface area contributed by atoms with Crippen LogP contribution in [0, 0.1) is 0 Å². The molecule has 0 bridgehead atoms. The minimum atomic E-state index is -3.42. The van der Waals surface area contributed by atoms with E-state index in [1.165, 1.54) is 15.6 Å². The zero-order valence-electron chi connectivity index (χ0n) is 9.73. The van der Waals surface area contributed by atoms with E-state index >= 15 is 0 Å². The fourth-order valence-corrected chi connectivity index (χ4v) is 7.27. The smallest absolute Gasteiger partial charge is 0.207 e. The summed E-state index contributed by atoms with van der Waals surface area (Å²) in [7, 11) is -1.75. The molecule has 1 aliphatic rings. The molecule has 1 aromatic rings. The summed E-state index contributed by atoms with van der Waals surface area (Å²) in [5.41, 5.74) is 0.